The molecule has 2 bridgehead atoms. The van der Waals surface area contributed by atoms with Gasteiger partial charge in [-0.1, -0.05) is 69.3 Å². The van der Waals surface area contributed by atoms with Gasteiger partial charge in [0.25, 0.3) is 0 Å². The quantitative estimate of drug-likeness (QED) is 0.0546. The van der Waals surface area contributed by atoms with Crippen LogP contribution in [0.1, 0.15) is 121 Å². The molecule has 3 heterocycles. The Morgan fingerprint density at radius 1 is 0.882 bits per heavy atom. The molecule has 26 heteroatoms. The van der Waals surface area contributed by atoms with E-state index in [0.29, 0.717) is 10.1 Å². The van der Waals surface area contributed by atoms with Crippen LogP contribution < -0.4 is 5.69 Å². The smallest absolute Gasteiger partial charge is 0.350 e. The Bertz CT molecular complexity index is 3130. The number of hydrogen-bond acceptors (Lipinski definition) is 22. The first-order valence-electron chi connectivity index (χ1n) is 27.3. The van der Waals surface area contributed by atoms with Gasteiger partial charge in [0.2, 0.25) is 6.23 Å². The molecule has 2 aromatic carbocycles. The number of ketones is 1. The van der Waals surface area contributed by atoms with Crippen molar-refractivity contribution in [2.45, 2.75) is 178 Å². The van der Waals surface area contributed by atoms with Gasteiger partial charge in [-0.3, -0.25) is 30.0 Å². The van der Waals surface area contributed by atoms with Gasteiger partial charge in [-0.2, -0.15) is 13.8 Å². The van der Waals surface area contributed by atoms with Crippen LogP contribution in [0.5, 0.6) is 0 Å². The molecule has 4 fully saturated rings. The third-order valence-corrected chi connectivity index (χ3v) is 17.2. The first-order chi connectivity index (χ1) is 39.5. The minimum absolute atomic E-state index is 0. The number of nitrogens with zero attached hydrogens (tertiary/aromatic N) is 2. The summed E-state index contributed by atoms with van der Waals surface area (Å²) in [6.07, 6.45) is -17.8. The van der Waals surface area contributed by atoms with Crippen molar-refractivity contribution >= 4 is 47.9 Å². The number of benzene rings is 2. The first kappa shape index (κ1) is 66.1. The van der Waals surface area contributed by atoms with Crippen LogP contribution in [-0.4, -0.2) is 163 Å². The van der Waals surface area contributed by atoms with Crippen LogP contribution in [0.4, 0.5) is 8.78 Å². The molecule has 0 amide bonds. The summed E-state index contributed by atoms with van der Waals surface area (Å²) in [7, 11) is 0. The van der Waals surface area contributed by atoms with Gasteiger partial charge in [0.15, 0.2) is 23.9 Å². The zero-order valence-electron chi connectivity index (χ0n) is 47.5. The predicted molar refractivity (Wildman–Crippen MR) is 282 cm³/mol. The maximum atomic E-state index is 14.7. The van der Waals surface area contributed by atoms with E-state index >= 15 is 0 Å². The van der Waals surface area contributed by atoms with Gasteiger partial charge in [0.05, 0.1) is 36.8 Å². The van der Waals surface area contributed by atoms with Gasteiger partial charge in [0, 0.05) is 77.6 Å². The van der Waals surface area contributed by atoms with E-state index in [9.17, 15) is 72.4 Å². The normalized spacial score (nSPS) is 30.7. The van der Waals surface area contributed by atoms with Crippen LogP contribution in [0.3, 0.4) is 0 Å². The van der Waals surface area contributed by atoms with E-state index in [1.54, 1.807) is 82.5 Å². The minimum atomic E-state index is -3.98. The molecule has 3 aromatic rings. The third-order valence-electron chi connectivity index (χ3n) is 17.2. The average Bonchev–Trinajstić information content (AvgIpc) is 1.13. The summed E-state index contributed by atoms with van der Waals surface area (Å²) >= 11 is 0. The number of Topliss-reactive ketones (excluding diaryl/α,β-unsaturated/α-hetero) is 1. The third kappa shape index (κ3) is 12.7. The van der Waals surface area contributed by atoms with E-state index in [2.05, 4.69) is 4.98 Å². The number of alkyl halides is 2. The van der Waals surface area contributed by atoms with Crippen molar-refractivity contribution in [1.29, 1.82) is 0 Å². The zero-order valence-corrected chi connectivity index (χ0v) is 50.4. The summed E-state index contributed by atoms with van der Waals surface area (Å²) in [5.74, 6) is -13.2. The summed E-state index contributed by atoms with van der Waals surface area (Å²) < 4.78 is 77.9. The molecule has 2 unspecified atom stereocenters. The van der Waals surface area contributed by atoms with E-state index in [1.807, 2.05) is 0 Å². The van der Waals surface area contributed by atoms with Crippen LogP contribution in [0, 0.1) is 16.7 Å². The molecule has 8 rings (SSSR count). The summed E-state index contributed by atoms with van der Waals surface area (Å²) in [6, 6.07) is 17.0. The zero-order chi connectivity index (χ0) is 61.4. The number of esters is 6. The summed E-state index contributed by atoms with van der Waals surface area (Å²) in [4.78, 5) is 125. The number of carbonyl (C=O) groups excluding carboxylic acids is 8. The van der Waals surface area contributed by atoms with E-state index < -0.39 is 187 Å². The van der Waals surface area contributed by atoms with Crippen LogP contribution in [0.15, 0.2) is 88.9 Å². The molecule has 2 aliphatic heterocycles. The van der Waals surface area contributed by atoms with Gasteiger partial charge >= 0.3 is 47.4 Å². The topological polar surface area (TPSA) is 326 Å². The number of aliphatic hydroxyl groups is 4. The van der Waals surface area contributed by atoms with Crippen LogP contribution in [0.2, 0.25) is 0 Å². The molecular weight excluding hydrogens is 1290 g/mol. The molecule has 3 aliphatic carbocycles. The molecule has 85 heavy (non-hydrogen) atoms. The van der Waals surface area contributed by atoms with Gasteiger partial charge in [-0.25, -0.2) is 19.2 Å². The van der Waals surface area contributed by atoms with Crippen LogP contribution >= 0.6 is 0 Å². The Morgan fingerprint density at radius 2 is 1.54 bits per heavy atom. The largest absolute Gasteiger partial charge is 0.542 e. The van der Waals surface area contributed by atoms with Crippen molar-refractivity contribution in [2.75, 3.05) is 13.2 Å². The second-order valence-corrected chi connectivity index (χ2v) is 22.9. The van der Waals surface area contributed by atoms with Crippen molar-refractivity contribution in [3.8, 4) is 0 Å². The van der Waals surface area contributed by atoms with E-state index in [4.69, 9.17) is 37.9 Å². The molecule has 2 saturated carbocycles. The summed E-state index contributed by atoms with van der Waals surface area (Å²) in [5, 5.41) is 44.8. The van der Waals surface area contributed by atoms with Crippen LogP contribution in [0.25, 0.3) is 0 Å². The number of carbonyl (C=O) groups is 7. The standard InChI is InChI=1S/C59H67F2N2O21.W/c1-30-39(80-52(74)46(70)38(21-23-64)34-14-10-8-11-15-34)27-58(76)49(83-51(73)35-16-12-9-13-17-35)47-56(7,26-40(79-32(3)66)45(30)55(58,5)6)42(25-43-57(47,29-77-43)84-33(4)67)82-50(72)31(2)78-44(69)19-18-37(68)24-36-20-22-63(54(75)62-36)53-59(60,61)48(71)41(28-65)81-53;/h8-17,20,22,31,38-43,46-49,53,65,70-71,76H,18-19,21,24-29H2,1-7H3;/q-1;/t31?,38-,39+,40+,41-,42+,43-,46+,47+,48?,49+,53-,56-,57+,58-;/m1./s1. The molecule has 0 spiro atoms. The van der Waals surface area contributed by atoms with Gasteiger partial charge < -0.3 is 63.1 Å². The number of halogens is 2. The molecule has 1 aromatic heterocycles. The molecule has 0 radical (unpaired) electrons. The van der Waals surface area contributed by atoms with E-state index in [-0.39, 0.29) is 62.9 Å². The number of aliphatic hydroxyl groups excluding tert-OH is 3. The molecule has 460 valence electrons. The van der Waals surface area contributed by atoms with Gasteiger partial charge in [0.1, 0.15) is 48.0 Å². The number of ether oxygens (including phenoxy) is 8. The Hall–Kier alpha value is -6.47. The summed E-state index contributed by atoms with van der Waals surface area (Å²) in [6.45, 7) is 8.57. The second-order valence-electron chi connectivity index (χ2n) is 22.9. The number of aromatic nitrogens is 2. The Balaban J connectivity index is 0.0000104. The molecule has 5 aliphatic rings. The Kier molecular flexibility index (Phi) is 20.1. The molecule has 2 saturated heterocycles. The summed E-state index contributed by atoms with van der Waals surface area (Å²) in [5.41, 5.74) is -8.05. The monoisotopic (exact) mass is 1360 g/mol. The fraction of sp³-hybridized carbons (Fsp3) is 0.559. The SMILES string of the molecule is CC(=O)O[C@H]1C[C@]2(C)[C@@H](OC(=O)C(C)OC(=O)CCC(=O)Cc3ccn([C@@H]4O[C@H](CO)C(O)C4(F)F)c(=O)n3)C[C@H]3OC[C@@]3(OC(C)=O)[C@H]2[C@H](OC(=O)c2ccccc2)[C@]2(O)C[C@H](OC(=O)[C@@H](O)[C@H](C[C-]=O)c3ccccc3)C(C)=C1C2(C)C.[W]. The Morgan fingerprint density at radius 3 is 2.12 bits per heavy atom. The number of hydrogen-bond donors (Lipinski definition) is 4. The van der Waals surface area contributed by atoms with Crippen molar-refractivity contribution in [3.63, 3.8) is 0 Å². The maximum Gasteiger partial charge on any atom is 0.350 e. The minimum Gasteiger partial charge on any atom is -0.542 e. The van der Waals surface area contributed by atoms with Crippen molar-refractivity contribution in [1.82, 2.24) is 9.55 Å². The molecule has 15 atom stereocenters. The van der Waals surface area contributed by atoms with E-state index in [1.165, 1.54) is 19.1 Å². The molecular formula is C59H67F2N2O21W-. The predicted octanol–water partition coefficient (Wildman–Crippen LogP) is 3.18. The van der Waals surface area contributed by atoms with Gasteiger partial charge in [-0.05, 0) is 61.1 Å². The van der Waals surface area contributed by atoms with Crippen molar-refractivity contribution < 1.29 is 127 Å². The molecule has 23 nitrogen and oxygen atoms in total. The second kappa shape index (κ2) is 25.9. The van der Waals surface area contributed by atoms with E-state index in [0.717, 1.165) is 26.1 Å². The van der Waals surface area contributed by atoms with Crippen molar-refractivity contribution in [2.24, 2.45) is 16.7 Å². The number of fused-ring (bicyclic) bond motifs is 5. The fourth-order valence-corrected chi connectivity index (χ4v) is 13.0. The average molecular weight is 1360 g/mol. The molecule has 4 N–H and O–H groups in total. The maximum absolute atomic E-state index is 14.7. The Labute approximate surface area is 500 Å². The first-order valence-corrected chi connectivity index (χ1v) is 27.3. The van der Waals surface area contributed by atoms with Crippen molar-refractivity contribution in [3.05, 3.63) is 111 Å². The van der Waals surface area contributed by atoms with Gasteiger partial charge in [-0.15, -0.1) is 6.42 Å². The van der Waals surface area contributed by atoms with Crippen LogP contribution in [-0.2, 0) is 98.9 Å². The number of rotatable bonds is 20. The fourth-order valence-electron chi connectivity index (χ4n) is 13.0.